The second-order valence-corrected chi connectivity index (χ2v) is 8.77. The first-order valence-corrected chi connectivity index (χ1v) is 11.6. The average Bonchev–Trinajstić information content (AvgIpc) is 3.08. The van der Waals surface area contributed by atoms with Crippen molar-refractivity contribution in [2.75, 3.05) is 36.4 Å². The first-order valence-electron chi connectivity index (χ1n) is 11.6. The number of aromatic nitrogens is 2. The van der Waals surface area contributed by atoms with Gasteiger partial charge < -0.3 is 15.1 Å². The number of amides is 2. The highest BCUT2D eigenvalue weighted by molar-refractivity contribution is 5.89. The normalized spacial score (nSPS) is 13.8. The van der Waals surface area contributed by atoms with Crippen LogP contribution in [0.25, 0.3) is 0 Å². The van der Waals surface area contributed by atoms with E-state index in [0.717, 1.165) is 42.3 Å². The van der Waals surface area contributed by atoms with Crippen LogP contribution >= 0.6 is 0 Å². The van der Waals surface area contributed by atoms with Crippen LogP contribution in [0.15, 0.2) is 48.5 Å². The molecule has 1 saturated heterocycles. The molecule has 0 aliphatic carbocycles. The molecule has 2 aromatic carbocycles. The molecule has 0 unspecified atom stereocenters. The standard InChI is InChI=1S/C27H30N6O/c1-19-8-10-22(11-9-19)17-25-20(2)29-21(3)30-26(25)32-12-5-13-33(15-14-32)27(34)31-24-7-4-6-23(16-24)18-28/h4,6-11,16H,5,12-15,17H2,1-3H3,(H,31,34). The minimum atomic E-state index is -0.146. The van der Waals surface area contributed by atoms with E-state index in [-0.39, 0.29) is 6.03 Å². The zero-order chi connectivity index (χ0) is 24.1. The second kappa shape index (κ2) is 10.3. The van der Waals surface area contributed by atoms with Gasteiger partial charge in [0.05, 0.1) is 11.6 Å². The number of urea groups is 1. The second-order valence-electron chi connectivity index (χ2n) is 8.77. The van der Waals surface area contributed by atoms with Crippen LogP contribution in [0.4, 0.5) is 16.3 Å². The van der Waals surface area contributed by atoms with Gasteiger partial charge in [-0.05, 0) is 51.0 Å². The summed E-state index contributed by atoms with van der Waals surface area (Å²) in [6.07, 6.45) is 1.62. The molecule has 7 heteroatoms. The lowest BCUT2D eigenvalue weighted by Crippen LogP contribution is -2.38. The summed E-state index contributed by atoms with van der Waals surface area (Å²) in [7, 11) is 0. The van der Waals surface area contributed by atoms with Crippen molar-refractivity contribution in [3.8, 4) is 6.07 Å². The summed E-state index contributed by atoms with van der Waals surface area (Å²) >= 11 is 0. The Kier molecular flexibility index (Phi) is 7.07. The van der Waals surface area contributed by atoms with E-state index in [1.165, 1.54) is 11.1 Å². The predicted molar refractivity (Wildman–Crippen MR) is 134 cm³/mol. The van der Waals surface area contributed by atoms with Gasteiger partial charge >= 0.3 is 6.03 Å². The van der Waals surface area contributed by atoms with Gasteiger partial charge in [0.25, 0.3) is 0 Å². The Morgan fingerprint density at radius 2 is 1.82 bits per heavy atom. The van der Waals surface area contributed by atoms with Gasteiger partial charge in [-0.25, -0.2) is 14.8 Å². The molecule has 174 valence electrons. The monoisotopic (exact) mass is 454 g/mol. The minimum absolute atomic E-state index is 0.146. The summed E-state index contributed by atoms with van der Waals surface area (Å²) in [5.41, 5.74) is 5.77. The average molecular weight is 455 g/mol. The highest BCUT2D eigenvalue weighted by Gasteiger charge is 2.23. The predicted octanol–water partition coefficient (Wildman–Crippen LogP) is 4.61. The molecule has 1 N–H and O–H groups in total. The summed E-state index contributed by atoms with van der Waals surface area (Å²) in [6, 6.07) is 17.5. The van der Waals surface area contributed by atoms with E-state index in [4.69, 9.17) is 10.2 Å². The number of nitriles is 1. The van der Waals surface area contributed by atoms with Crippen molar-refractivity contribution in [3.63, 3.8) is 0 Å². The lowest BCUT2D eigenvalue weighted by Gasteiger charge is -2.26. The van der Waals surface area contributed by atoms with Gasteiger partial charge in [0.1, 0.15) is 11.6 Å². The maximum Gasteiger partial charge on any atom is 0.321 e. The van der Waals surface area contributed by atoms with E-state index in [9.17, 15) is 4.79 Å². The number of benzene rings is 2. The topological polar surface area (TPSA) is 85.2 Å². The van der Waals surface area contributed by atoms with Gasteiger partial charge in [-0.2, -0.15) is 5.26 Å². The Hall–Kier alpha value is -3.92. The molecular formula is C27H30N6O. The fourth-order valence-corrected chi connectivity index (χ4v) is 4.30. The fraction of sp³-hybridized carbons (Fsp3) is 0.333. The summed E-state index contributed by atoms with van der Waals surface area (Å²) in [5.74, 6) is 1.73. The number of hydrogen-bond acceptors (Lipinski definition) is 5. The van der Waals surface area contributed by atoms with E-state index >= 15 is 0 Å². The van der Waals surface area contributed by atoms with Gasteiger partial charge in [0.15, 0.2) is 0 Å². The number of nitrogens with zero attached hydrogens (tertiary/aromatic N) is 5. The van der Waals surface area contributed by atoms with Gasteiger partial charge in [-0.15, -0.1) is 0 Å². The third-order valence-electron chi connectivity index (χ3n) is 6.13. The first-order chi connectivity index (χ1) is 16.4. The molecule has 0 bridgehead atoms. The van der Waals surface area contributed by atoms with E-state index < -0.39 is 0 Å². The van der Waals surface area contributed by atoms with Crippen LogP contribution in [-0.4, -0.2) is 47.1 Å². The smallest absolute Gasteiger partial charge is 0.321 e. The fourth-order valence-electron chi connectivity index (χ4n) is 4.30. The van der Waals surface area contributed by atoms with Crippen LogP contribution < -0.4 is 10.2 Å². The molecule has 7 nitrogen and oxygen atoms in total. The van der Waals surface area contributed by atoms with E-state index in [1.54, 1.807) is 24.3 Å². The highest BCUT2D eigenvalue weighted by atomic mass is 16.2. The number of aryl methyl sites for hydroxylation is 3. The first kappa shape index (κ1) is 23.2. The lowest BCUT2D eigenvalue weighted by molar-refractivity contribution is 0.215. The number of carbonyl (C=O) groups excluding carboxylic acids is 1. The van der Waals surface area contributed by atoms with Crippen LogP contribution in [0.2, 0.25) is 0 Å². The Balaban J connectivity index is 1.49. The number of anilines is 2. The summed E-state index contributed by atoms with van der Waals surface area (Å²) in [6.45, 7) is 8.85. The molecule has 0 atom stereocenters. The van der Waals surface area contributed by atoms with Crippen molar-refractivity contribution in [1.29, 1.82) is 5.26 Å². The van der Waals surface area contributed by atoms with Crippen LogP contribution in [0.5, 0.6) is 0 Å². The maximum atomic E-state index is 12.9. The minimum Gasteiger partial charge on any atom is -0.354 e. The van der Waals surface area contributed by atoms with E-state index in [2.05, 4.69) is 59.4 Å². The van der Waals surface area contributed by atoms with Crippen molar-refractivity contribution in [2.24, 2.45) is 0 Å². The highest BCUT2D eigenvalue weighted by Crippen LogP contribution is 2.25. The maximum absolute atomic E-state index is 12.9. The molecule has 2 amide bonds. The van der Waals surface area contributed by atoms with Crippen molar-refractivity contribution >= 4 is 17.5 Å². The third-order valence-corrected chi connectivity index (χ3v) is 6.13. The number of hydrogen-bond donors (Lipinski definition) is 1. The largest absolute Gasteiger partial charge is 0.354 e. The lowest BCUT2D eigenvalue weighted by atomic mass is 10.0. The Morgan fingerprint density at radius 3 is 2.59 bits per heavy atom. The van der Waals surface area contributed by atoms with Gasteiger partial charge in [-0.1, -0.05) is 35.9 Å². The molecule has 34 heavy (non-hydrogen) atoms. The van der Waals surface area contributed by atoms with Crippen LogP contribution in [-0.2, 0) is 6.42 Å². The zero-order valence-electron chi connectivity index (χ0n) is 20.0. The third kappa shape index (κ3) is 5.52. The summed E-state index contributed by atoms with van der Waals surface area (Å²) < 4.78 is 0. The molecule has 2 heterocycles. The summed E-state index contributed by atoms with van der Waals surface area (Å²) in [4.78, 5) is 26.5. The van der Waals surface area contributed by atoms with Crippen molar-refractivity contribution in [1.82, 2.24) is 14.9 Å². The van der Waals surface area contributed by atoms with Gasteiger partial charge in [0.2, 0.25) is 0 Å². The molecule has 1 fully saturated rings. The summed E-state index contributed by atoms with van der Waals surface area (Å²) in [5, 5.41) is 12.0. The van der Waals surface area contributed by atoms with Gasteiger partial charge in [0, 0.05) is 49.5 Å². The Bertz CT molecular complexity index is 1210. The zero-order valence-corrected chi connectivity index (χ0v) is 20.0. The quantitative estimate of drug-likeness (QED) is 0.622. The van der Waals surface area contributed by atoms with E-state index in [0.29, 0.717) is 30.9 Å². The molecule has 4 rings (SSSR count). The van der Waals surface area contributed by atoms with Crippen LogP contribution in [0.3, 0.4) is 0 Å². The number of nitrogens with one attached hydrogen (secondary N) is 1. The molecule has 3 aromatic rings. The molecular weight excluding hydrogens is 424 g/mol. The van der Waals surface area contributed by atoms with Crippen LogP contribution in [0.1, 0.15) is 40.2 Å². The molecule has 1 aromatic heterocycles. The Morgan fingerprint density at radius 1 is 1.03 bits per heavy atom. The van der Waals surface area contributed by atoms with Crippen molar-refractivity contribution in [2.45, 2.75) is 33.6 Å². The van der Waals surface area contributed by atoms with E-state index in [1.807, 2.05) is 11.8 Å². The van der Waals surface area contributed by atoms with Crippen molar-refractivity contribution in [3.05, 3.63) is 82.3 Å². The molecule has 1 aliphatic rings. The molecule has 0 radical (unpaired) electrons. The van der Waals surface area contributed by atoms with Gasteiger partial charge in [-0.3, -0.25) is 0 Å². The Labute approximate surface area is 201 Å². The molecule has 0 spiro atoms. The van der Waals surface area contributed by atoms with Crippen LogP contribution in [0, 0.1) is 32.1 Å². The number of rotatable bonds is 4. The molecule has 0 saturated carbocycles. The molecule has 1 aliphatic heterocycles. The SMILES string of the molecule is Cc1ccc(Cc2c(C)nc(C)nc2N2CCCN(C(=O)Nc3cccc(C#N)c3)CC2)cc1. The number of carbonyl (C=O) groups is 1. The van der Waals surface area contributed by atoms with Crippen molar-refractivity contribution < 1.29 is 4.79 Å².